The van der Waals surface area contributed by atoms with Gasteiger partial charge in [0.25, 0.3) is 11.7 Å². The number of imidazole rings is 1. The maximum Gasteiger partial charge on any atom is 0.295 e. The summed E-state index contributed by atoms with van der Waals surface area (Å²) in [5.41, 5.74) is 4.09. The van der Waals surface area contributed by atoms with E-state index in [2.05, 4.69) is 29.5 Å². The smallest absolute Gasteiger partial charge is 0.295 e. The molecule has 1 aromatic carbocycles. The number of aromatic nitrogens is 6. The molecule has 178 valence electrons. The topological polar surface area (TPSA) is 119 Å². The fourth-order valence-corrected chi connectivity index (χ4v) is 4.62. The van der Waals surface area contributed by atoms with Gasteiger partial charge in [0.05, 0.1) is 53.9 Å². The lowest BCUT2D eigenvalue weighted by Crippen LogP contribution is -2.42. The van der Waals surface area contributed by atoms with Crippen molar-refractivity contribution in [3.05, 3.63) is 79.0 Å². The zero-order valence-electron chi connectivity index (χ0n) is 19.4. The number of hydrogen-bond donors (Lipinski definition) is 1. The molecule has 0 spiro atoms. The van der Waals surface area contributed by atoms with Gasteiger partial charge < -0.3 is 19.2 Å². The van der Waals surface area contributed by atoms with Crippen molar-refractivity contribution in [2.75, 3.05) is 13.7 Å². The predicted octanol–water partition coefficient (Wildman–Crippen LogP) is 3.12. The van der Waals surface area contributed by atoms with Gasteiger partial charge in [0.1, 0.15) is 17.9 Å². The van der Waals surface area contributed by atoms with Crippen molar-refractivity contribution in [1.82, 2.24) is 34.4 Å². The standard InChI is InChI=1S/C26H21N7O3/c1-36-20-13-31-23(17-9-27-15-28-10-17)24-22(20)18(11-30-24)25(34)26(35)32-7-8-33-19(12-29-21(33)14-32)16-5-3-2-4-6-16/h2-6,9-13,15,30H,7-8,14H2,1H3. The predicted molar refractivity (Wildman–Crippen MR) is 131 cm³/mol. The van der Waals surface area contributed by atoms with E-state index in [4.69, 9.17) is 4.74 Å². The van der Waals surface area contributed by atoms with Gasteiger partial charge in [-0.25, -0.2) is 15.0 Å². The summed E-state index contributed by atoms with van der Waals surface area (Å²) in [6.45, 7) is 1.21. The molecule has 0 atom stereocenters. The highest BCUT2D eigenvalue weighted by molar-refractivity contribution is 6.45. The number of H-pyrrole nitrogens is 1. The van der Waals surface area contributed by atoms with Crippen LogP contribution in [0.3, 0.4) is 0 Å². The van der Waals surface area contributed by atoms with Crippen molar-refractivity contribution >= 4 is 22.6 Å². The number of benzene rings is 1. The Hall–Kier alpha value is -4.86. The lowest BCUT2D eigenvalue weighted by molar-refractivity contribution is -0.127. The number of carbonyl (C=O) groups excluding carboxylic acids is 2. The van der Waals surface area contributed by atoms with Gasteiger partial charge in [-0.05, 0) is 5.56 Å². The Labute approximate surface area is 205 Å². The summed E-state index contributed by atoms with van der Waals surface area (Å²) in [5.74, 6) is -0.0721. The van der Waals surface area contributed by atoms with Gasteiger partial charge in [-0.1, -0.05) is 30.3 Å². The zero-order valence-corrected chi connectivity index (χ0v) is 19.4. The van der Waals surface area contributed by atoms with Gasteiger partial charge in [0, 0.05) is 37.2 Å². The molecule has 0 bridgehead atoms. The largest absolute Gasteiger partial charge is 0.494 e. The lowest BCUT2D eigenvalue weighted by atomic mass is 10.1. The van der Waals surface area contributed by atoms with Gasteiger partial charge >= 0.3 is 0 Å². The van der Waals surface area contributed by atoms with Crippen LogP contribution in [0.15, 0.2) is 67.6 Å². The van der Waals surface area contributed by atoms with Gasteiger partial charge in [0.15, 0.2) is 0 Å². The quantitative estimate of drug-likeness (QED) is 0.304. The van der Waals surface area contributed by atoms with E-state index in [1.807, 2.05) is 36.5 Å². The molecular formula is C26H21N7O3. The summed E-state index contributed by atoms with van der Waals surface area (Å²) in [6.07, 6.45) is 9.57. The van der Waals surface area contributed by atoms with Crippen LogP contribution in [0.4, 0.5) is 0 Å². The molecule has 0 unspecified atom stereocenters. The molecule has 1 aliphatic heterocycles. The number of ether oxygens (including phenoxy) is 1. The van der Waals surface area contributed by atoms with Crippen molar-refractivity contribution in [2.45, 2.75) is 13.1 Å². The van der Waals surface area contributed by atoms with E-state index < -0.39 is 11.7 Å². The summed E-state index contributed by atoms with van der Waals surface area (Å²) < 4.78 is 7.58. The normalized spacial score (nSPS) is 13.0. The number of amides is 1. The summed E-state index contributed by atoms with van der Waals surface area (Å²) in [5, 5.41) is 0.495. The number of Topliss-reactive ketones (excluding diaryl/α,β-unsaturated/α-hetero) is 1. The Morgan fingerprint density at radius 1 is 0.972 bits per heavy atom. The Morgan fingerprint density at radius 2 is 1.78 bits per heavy atom. The molecule has 6 rings (SSSR count). The van der Waals surface area contributed by atoms with Crippen LogP contribution in [0.1, 0.15) is 16.2 Å². The molecule has 10 nitrogen and oxygen atoms in total. The second-order valence-corrected chi connectivity index (χ2v) is 8.39. The van der Waals surface area contributed by atoms with E-state index in [-0.39, 0.29) is 12.1 Å². The maximum absolute atomic E-state index is 13.4. The first kappa shape index (κ1) is 21.7. The van der Waals surface area contributed by atoms with Crippen LogP contribution >= 0.6 is 0 Å². The maximum atomic E-state index is 13.4. The minimum atomic E-state index is -0.621. The molecule has 4 aromatic heterocycles. The first-order chi connectivity index (χ1) is 17.7. The molecule has 36 heavy (non-hydrogen) atoms. The van der Waals surface area contributed by atoms with Crippen molar-refractivity contribution < 1.29 is 14.3 Å². The van der Waals surface area contributed by atoms with Gasteiger partial charge in [-0.3, -0.25) is 14.6 Å². The number of nitrogens with zero attached hydrogens (tertiary/aromatic N) is 6. The van der Waals surface area contributed by atoms with Gasteiger partial charge in [-0.15, -0.1) is 0 Å². The number of hydrogen-bond acceptors (Lipinski definition) is 7. The first-order valence-corrected chi connectivity index (χ1v) is 11.4. The number of aromatic amines is 1. The number of ketones is 1. The van der Waals surface area contributed by atoms with Crippen LogP contribution in [0.25, 0.3) is 33.4 Å². The fourth-order valence-electron chi connectivity index (χ4n) is 4.62. The molecule has 0 aliphatic carbocycles. The number of carbonyl (C=O) groups is 2. The third-order valence-electron chi connectivity index (χ3n) is 6.39. The Morgan fingerprint density at radius 3 is 2.56 bits per heavy atom. The van der Waals surface area contributed by atoms with E-state index in [9.17, 15) is 9.59 Å². The van der Waals surface area contributed by atoms with Crippen LogP contribution in [0.5, 0.6) is 5.75 Å². The van der Waals surface area contributed by atoms with E-state index in [1.54, 1.807) is 12.4 Å². The minimum absolute atomic E-state index is 0.228. The molecule has 10 heteroatoms. The molecule has 0 fully saturated rings. The third kappa shape index (κ3) is 3.50. The second kappa shape index (κ2) is 8.73. The van der Waals surface area contributed by atoms with E-state index in [0.29, 0.717) is 41.0 Å². The molecule has 1 aliphatic rings. The van der Waals surface area contributed by atoms with E-state index in [0.717, 1.165) is 17.1 Å². The number of nitrogens with one attached hydrogen (secondary N) is 1. The van der Waals surface area contributed by atoms with Crippen molar-refractivity contribution in [3.63, 3.8) is 0 Å². The number of rotatable bonds is 5. The number of methoxy groups -OCH3 is 1. The molecule has 1 N–H and O–H groups in total. The highest BCUT2D eigenvalue weighted by Crippen LogP contribution is 2.34. The van der Waals surface area contributed by atoms with Crippen molar-refractivity contribution in [2.24, 2.45) is 0 Å². The fraction of sp³-hybridized carbons (Fsp3) is 0.154. The van der Waals surface area contributed by atoms with Crippen molar-refractivity contribution in [1.29, 1.82) is 0 Å². The number of fused-ring (bicyclic) bond motifs is 2. The summed E-state index contributed by atoms with van der Waals surface area (Å²) >= 11 is 0. The van der Waals surface area contributed by atoms with Gasteiger partial charge in [-0.2, -0.15) is 0 Å². The summed E-state index contributed by atoms with van der Waals surface area (Å²) in [7, 11) is 1.50. The van der Waals surface area contributed by atoms with Crippen LogP contribution in [-0.2, 0) is 17.9 Å². The number of pyridine rings is 1. The van der Waals surface area contributed by atoms with Crippen LogP contribution in [-0.4, -0.2) is 59.7 Å². The Bertz CT molecular complexity index is 1590. The van der Waals surface area contributed by atoms with Crippen LogP contribution in [0, 0.1) is 0 Å². The monoisotopic (exact) mass is 479 g/mol. The average molecular weight is 480 g/mol. The first-order valence-electron chi connectivity index (χ1n) is 11.4. The van der Waals surface area contributed by atoms with Gasteiger partial charge in [0.2, 0.25) is 0 Å². The molecule has 5 aromatic rings. The SMILES string of the molecule is COc1cnc(-c2cncnc2)c2[nH]cc(C(=O)C(=O)N3CCn4c(-c5ccccc5)cnc4C3)c12. The summed E-state index contributed by atoms with van der Waals surface area (Å²) in [4.78, 5) is 48.5. The lowest BCUT2D eigenvalue weighted by Gasteiger charge is -2.28. The molecule has 0 saturated heterocycles. The molecule has 1 amide bonds. The minimum Gasteiger partial charge on any atom is -0.494 e. The molecule has 5 heterocycles. The second-order valence-electron chi connectivity index (χ2n) is 8.39. The highest BCUT2D eigenvalue weighted by atomic mass is 16.5. The average Bonchev–Trinajstić information content (AvgIpc) is 3.57. The molecule has 0 saturated carbocycles. The van der Waals surface area contributed by atoms with E-state index >= 15 is 0 Å². The van der Waals surface area contributed by atoms with Crippen LogP contribution in [0.2, 0.25) is 0 Å². The van der Waals surface area contributed by atoms with Crippen LogP contribution < -0.4 is 4.74 Å². The zero-order chi connectivity index (χ0) is 24.6. The Balaban J connectivity index is 1.31. The molecular weight excluding hydrogens is 458 g/mol. The molecule has 0 radical (unpaired) electrons. The van der Waals surface area contributed by atoms with Crippen molar-refractivity contribution in [3.8, 4) is 28.3 Å². The Kier molecular flexibility index (Phi) is 5.25. The highest BCUT2D eigenvalue weighted by Gasteiger charge is 2.31. The van der Waals surface area contributed by atoms with E-state index in [1.165, 1.54) is 30.7 Å². The third-order valence-corrected chi connectivity index (χ3v) is 6.39. The summed E-state index contributed by atoms with van der Waals surface area (Å²) in [6, 6.07) is 9.98.